The molecule has 0 spiro atoms. The van der Waals surface area contributed by atoms with Crippen molar-refractivity contribution in [2.45, 2.75) is 38.5 Å². The molecule has 1 fully saturated rings. The molecule has 0 atom stereocenters. The number of benzene rings is 1. The van der Waals surface area contributed by atoms with Crippen LogP contribution in [0.5, 0.6) is 0 Å². The lowest BCUT2D eigenvalue weighted by Crippen LogP contribution is -2.41. The molecule has 0 saturated heterocycles. The van der Waals surface area contributed by atoms with Crippen molar-refractivity contribution in [3.63, 3.8) is 0 Å². The molecule has 2 rings (SSSR count). The molecule has 2 amide bonds. The number of amides is 2. The Morgan fingerprint density at radius 1 is 1.17 bits per heavy atom. The van der Waals surface area contributed by atoms with E-state index in [1.165, 1.54) is 11.3 Å². The average molecular weight is 317 g/mol. The minimum absolute atomic E-state index is 0.000520. The number of nitrogens with one attached hydrogen (secondary N) is 1. The molecule has 0 aliphatic heterocycles. The zero-order valence-corrected chi connectivity index (χ0v) is 13.9. The van der Waals surface area contributed by atoms with Crippen molar-refractivity contribution in [3.8, 4) is 0 Å². The van der Waals surface area contributed by atoms with Gasteiger partial charge in [-0.3, -0.25) is 9.59 Å². The molecule has 1 aliphatic carbocycles. The lowest BCUT2D eigenvalue weighted by Gasteiger charge is -2.36. The van der Waals surface area contributed by atoms with Gasteiger partial charge in [0, 0.05) is 19.2 Å². The molecule has 1 aromatic carbocycles. The summed E-state index contributed by atoms with van der Waals surface area (Å²) < 4.78 is 0. The van der Waals surface area contributed by atoms with Gasteiger partial charge < -0.3 is 16.0 Å². The van der Waals surface area contributed by atoms with Gasteiger partial charge in [-0.2, -0.15) is 0 Å². The summed E-state index contributed by atoms with van der Waals surface area (Å²) in [4.78, 5) is 26.0. The first-order valence-electron chi connectivity index (χ1n) is 8.34. The number of carbonyl (C=O) groups excluding carboxylic acids is 2. The standard InChI is InChI=1S/C18H27N3O2/c1-21(13-16(22)20-15-8-4-2-5-9-15)17(23)12-18(14-19)10-6-3-7-11-18/h2,4-5,8-9H,3,6-7,10-14,19H2,1H3,(H,20,22). The van der Waals surface area contributed by atoms with Gasteiger partial charge in [-0.25, -0.2) is 0 Å². The molecule has 126 valence electrons. The highest BCUT2D eigenvalue weighted by Gasteiger charge is 2.34. The first-order valence-corrected chi connectivity index (χ1v) is 8.34. The second-order valence-corrected chi connectivity index (χ2v) is 6.61. The van der Waals surface area contributed by atoms with E-state index in [-0.39, 0.29) is 23.8 Å². The first kappa shape index (κ1) is 17.5. The summed E-state index contributed by atoms with van der Waals surface area (Å²) in [6.07, 6.45) is 5.98. The van der Waals surface area contributed by atoms with Crippen molar-refractivity contribution in [1.29, 1.82) is 0 Å². The summed E-state index contributed by atoms with van der Waals surface area (Å²) >= 11 is 0. The largest absolute Gasteiger partial charge is 0.336 e. The van der Waals surface area contributed by atoms with Gasteiger partial charge in [0.15, 0.2) is 0 Å². The lowest BCUT2D eigenvalue weighted by molar-refractivity contribution is -0.135. The van der Waals surface area contributed by atoms with Crippen molar-refractivity contribution in [3.05, 3.63) is 30.3 Å². The highest BCUT2D eigenvalue weighted by molar-refractivity contribution is 5.94. The number of nitrogens with two attached hydrogens (primary N) is 1. The van der Waals surface area contributed by atoms with Gasteiger partial charge in [-0.15, -0.1) is 0 Å². The van der Waals surface area contributed by atoms with Crippen LogP contribution in [0, 0.1) is 5.41 Å². The number of hydrogen-bond donors (Lipinski definition) is 2. The van der Waals surface area contributed by atoms with E-state index in [1.807, 2.05) is 30.3 Å². The minimum atomic E-state index is -0.183. The van der Waals surface area contributed by atoms with E-state index in [4.69, 9.17) is 5.73 Å². The van der Waals surface area contributed by atoms with Crippen molar-refractivity contribution >= 4 is 17.5 Å². The van der Waals surface area contributed by atoms with Crippen LogP contribution in [0.2, 0.25) is 0 Å². The summed E-state index contributed by atoms with van der Waals surface area (Å²) in [6.45, 7) is 0.608. The molecular weight excluding hydrogens is 290 g/mol. The van der Waals surface area contributed by atoms with Crippen LogP contribution in [0.15, 0.2) is 30.3 Å². The molecule has 1 saturated carbocycles. The molecule has 5 nitrogen and oxygen atoms in total. The highest BCUT2D eigenvalue weighted by Crippen LogP contribution is 2.38. The molecule has 0 unspecified atom stereocenters. The summed E-state index contributed by atoms with van der Waals surface area (Å²) in [5, 5.41) is 2.80. The third-order valence-corrected chi connectivity index (χ3v) is 4.74. The van der Waals surface area contributed by atoms with Gasteiger partial charge in [-0.05, 0) is 36.9 Å². The van der Waals surface area contributed by atoms with Crippen LogP contribution in [0.4, 0.5) is 5.69 Å². The zero-order valence-electron chi connectivity index (χ0n) is 13.9. The fourth-order valence-electron chi connectivity index (χ4n) is 3.24. The maximum Gasteiger partial charge on any atom is 0.243 e. The number of nitrogens with zero attached hydrogens (tertiary/aromatic N) is 1. The molecule has 23 heavy (non-hydrogen) atoms. The fourth-order valence-corrected chi connectivity index (χ4v) is 3.24. The van der Waals surface area contributed by atoms with E-state index < -0.39 is 0 Å². The normalized spacial score (nSPS) is 16.6. The van der Waals surface area contributed by atoms with Gasteiger partial charge >= 0.3 is 0 Å². The van der Waals surface area contributed by atoms with Gasteiger partial charge in [0.2, 0.25) is 11.8 Å². The van der Waals surface area contributed by atoms with Crippen LogP contribution in [0.3, 0.4) is 0 Å². The van der Waals surface area contributed by atoms with E-state index in [2.05, 4.69) is 5.32 Å². The SMILES string of the molecule is CN(CC(=O)Nc1ccccc1)C(=O)CC1(CN)CCCCC1. The van der Waals surface area contributed by atoms with E-state index in [9.17, 15) is 9.59 Å². The van der Waals surface area contributed by atoms with Crippen LogP contribution in [0.1, 0.15) is 38.5 Å². The van der Waals surface area contributed by atoms with E-state index in [0.29, 0.717) is 13.0 Å². The fraction of sp³-hybridized carbons (Fsp3) is 0.556. The Hall–Kier alpha value is -1.88. The molecule has 1 aromatic rings. The first-order chi connectivity index (χ1) is 11.0. The highest BCUT2D eigenvalue weighted by atomic mass is 16.2. The predicted octanol–water partition coefficient (Wildman–Crippen LogP) is 2.38. The van der Waals surface area contributed by atoms with Crippen LogP contribution in [0.25, 0.3) is 0 Å². The molecule has 5 heteroatoms. The van der Waals surface area contributed by atoms with Gasteiger partial charge in [-0.1, -0.05) is 37.5 Å². The minimum Gasteiger partial charge on any atom is -0.336 e. The molecule has 0 aromatic heterocycles. The Morgan fingerprint density at radius 2 is 1.83 bits per heavy atom. The van der Waals surface area contributed by atoms with Gasteiger partial charge in [0.1, 0.15) is 0 Å². The van der Waals surface area contributed by atoms with Crippen molar-refractivity contribution < 1.29 is 9.59 Å². The number of likely N-dealkylation sites (N-methyl/N-ethyl adjacent to an activating group) is 1. The Kier molecular flexibility index (Phi) is 6.16. The molecular formula is C18H27N3O2. The van der Waals surface area contributed by atoms with Crippen molar-refractivity contribution in [1.82, 2.24) is 4.90 Å². The summed E-state index contributed by atoms with van der Waals surface area (Å²) in [5.41, 5.74) is 6.61. The molecule has 0 radical (unpaired) electrons. The quantitative estimate of drug-likeness (QED) is 0.846. The second-order valence-electron chi connectivity index (χ2n) is 6.61. The number of anilines is 1. The van der Waals surface area contributed by atoms with Crippen molar-refractivity contribution in [2.75, 3.05) is 25.5 Å². The van der Waals surface area contributed by atoms with Crippen LogP contribution in [-0.4, -0.2) is 36.9 Å². The Balaban J connectivity index is 1.85. The van der Waals surface area contributed by atoms with Gasteiger partial charge in [0.05, 0.1) is 6.54 Å². The predicted molar refractivity (Wildman–Crippen MR) is 91.9 cm³/mol. The van der Waals surface area contributed by atoms with Crippen LogP contribution < -0.4 is 11.1 Å². The van der Waals surface area contributed by atoms with Crippen LogP contribution >= 0.6 is 0 Å². The maximum atomic E-state index is 12.5. The number of hydrogen-bond acceptors (Lipinski definition) is 3. The number of rotatable bonds is 6. The summed E-state index contributed by atoms with van der Waals surface area (Å²) in [6, 6.07) is 9.26. The Bertz CT molecular complexity index is 524. The Morgan fingerprint density at radius 3 is 2.43 bits per heavy atom. The Labute approximate surface area is 138 Å². The summed E-state index contributed by atoms with van der Waals surface area (Å²) in [5.74, 6) is -0.182. The van der Waals surface area contributed by atoms with E-state index >= 15 is 0 Å². The number of carbonyl (C=O) groups is 2. The molecule has 0 bridgehead atoms. The van der Waals surface area contributed by atoms with Gasteiger partial charge in [0.25, 0.3) is 0 Å². The smallest absolute Gasteiger partial charge is 0.243 e. The second kappa shape index (κ2) is 8.11. The average Bonchev–Trinajstić information content (AvgIpc) is 2.56. The lowest BCUT2D eigenvalue weighted by atomic mass is 9.71. The van der Waals surface area contributed by atoms with Crippen molar-refractivity contribution in [2.24, 2.45) is 11.1 Å². The summed E-state index contributed by atoms with van der Waals surface area (Å²) in [7, 11) is 1.68. The third kappa shape index (κ3) is 5.06. The topological polar surface area (TPSA) is 75.4 Å². The van der Waals surface area contributed by atoms with E-state index in [1.54, 1.807) is 7.05 Å². The molecule has 3 N–H and O–H groups in total. The molecule has 1 aliphatic rings. The monoisotopic (exact) mass is 317 g/mol. The zero-order chi connectivity index (χ0) is 16.7. The van der Waals surface area contributed by atoms with Crippen LogP contribution in [-0.2, 0) is 9.59 Å². The third-order valence-electron chi connectivity index (χ3n) is 4.74. The number of para-hydroxylation sites is 1. The van der Waals surface area contributed by atoms with E-state index in [0.717, 1.165) is 31.4 Å². The maximum absolute atomic E-state index is 12.5. The molecule has 0 heterocycles.